The molecule has 294 valence electrons. The Morgan fingerprint density at radius 3 is 1.93 bits per heavy atom. The molecule has 0 spiro atoms. The van der Waals surface area contributed by atoms with Gasteiger partial charge >= 0.3 is 0 Å². The maximum atomic E-state index is 10.9. The van der Waals surface area contributed by atoms with Crippen molar-refractivity contribution < 1.29 is 26.2 Å². The Kier molecular flexibility index (Phi) is 10.0. The first kappa shape index (κ1) is 38.3. The minimum atomic E-state index is 0. The van der Waals surface area contributed by atoms with Gasteiger partial charge in [-0.15, -0.1) is 35.6 Å². The molecule has 0 saturated heterocycles. The van der Waals surface area contributed by atoms with E-state index in [1.165, 1.54) is 36.7 Å². The molecule has 4 nitrogen and oxygen atoms in total. The number of pyridine rings is 2. The molecule has 0 saturated carbocycles. The summed E-state index contributed by atoms with van der Waals surface area (Å²) in [5.74, 6) is 0.186. The first-order chi connectivity index (χ1) is 29.6. The normalized spacial score (nSPS) is 11.3. The molecule has 11 rings (SSSR count). The van der Waals surface area contributed by atoms with Crippen LogP contribution in [0.1, 0.15) is 5.69 Å². The number of fused-ring (bicyclic) bond motifs is 4. The number of benzene rings is 7. The molecule has 0 amide bonds. The van der Waals surface area contributed by atoms with E-state index in [2.05, 4.69) is 151 Å². The van der Waals surface area contributed by atoms with E-state index in [1.54, 1.807) is 6.07 Å². The maximum Gasteiger partial charge on any atom is 0.124 e. The van der Waals surface area contributed by atoms with E-state index in [-0.39, 0.29) is 26.8 Å². The number of phenols is 1. The molecule has 0 bridgehead atoms. The van der Waals surface area contributed by atoms with E-state index < -0.39 is 0 Å². The van der Waals surface area contributed by atoms with Gasteiger partial charge in [0.1, 0.15) is 5.75 Å². The monoisotopic (exact) mass is 981 g/mol. The van der Waals surface area contributed by atoms with E-state index in [0.717, 1.165) is 61.8 Å². The SMILES string of the molecule is Cc1cc(-c2c(-c3ccc4c(c3)sc3ccccc34)c3ccccc3n2-c2ccccc2)cc(-c2[c-]c(-c3cc(-c4ccccc4)cc(-c4ccccc4O)n3)ccc2)n1.[Pt]. The number of rotatable bonds is 7. The van der Waals surface area contributed by atoms with Crippen molar-refractivity contribution in [2.75, 3.05) is 0 Å². The van der Waals surface area contributed by atoms with Gasteiger partial charge in [-0.1, -0.05) is 132 Å². The van der Waals surface area contributed by atoms with Gasteiger partial charge in [-0.25, -0.2) is 0 Å². The predicted molar refractivity (Wildman–Crippen MR) is 250 cm³/mol. The molecule has 4 aromatic heterocycles. The zero-order chi connectivity index (χ0) is 40.2. The van der Waals surface area contributed by atoms with E-state index in [1.807, 2.05) is 65.9 Å². The van der Waals surface area contributed by atoms with Gasteiger partial charge in [0.05, 0.1) is 16.9 Å². The maximum absolute atomic E-state index is 10.9. The number of hydrogen-bond donors (Lipinski definition) is 1. The first-order valence-electron chi connectivity index (χ1n) is 20.0. The van der Waals surface area contributed by atoms with Gasteiger partial charge in [-0.2, -0.15) is 0 Å². The van der Waals surface area contributed by atoms with Crippen LogP contribution in [0.25, 0.3) is 104 Å². The van der Waals surface area contributed by atoms with Crippen LogP contribution in [0.5, 0.6) is 5.75 Å². The summed E-state index contributed by atoms with van der Waals surface area (Å²) in [6, 6.07) is 71.0. The fourth-order valence-electron chi connectivity index (χ4n) is 8.54. The standard InChI is InChI=1S/C55H36N3OS.Pt/c1-35-29-41(33-47(56-35)37-17-14-18-38(30-37)48-31-40(36-15-4-2-5-16-36)32-49(57-48)45-22-9-12-25-51(45)59)55-54(39-27-28-44-43-21-10-13-26-52(43)60-53(44)34-39)46-23-8-11-24-50(46)58(55)42-19-6-3-7-20-42;/h2-29,31-34,59H,1H3;/q-1;. The molecule has 6 heteroatoms. The van der Waals surface area contributed by atoms with Crippen LogP contribution in [0.2, 0.25) is 0 Å². The minimum Gasteiger partial charge on any atom is -0.507 e. The van der Waals surface area contributed by atoms with Crippen molar-refractivity contribution >= 4 is 42.4 Å². The summed E-state index contributed by atoms with van der Waals surface area (Å²) in [4.78, 5) is 10.3. The molecule has 0 aliphatic carbocycles. The van der Waals surface area contributed by atoms with Crippen LogP contribution in [-0.2, 0) is 21.1 Å². The Morgan fingerprint density at radius 2 is 1.13 bits per heavy atom. The van der Waals surface area contributed by atoms with Gasteiger partial charge in [0.15, 0.2) is 0 Å². The number of phenolic OH excluding ortho intramolecular Hbond substituents is 1. The Hall–Kier alpha value is -6.91. The summed E-state index contributed by atoms with van der Waals surface area (Å²) in [7, 11) is 0. The minimum absolute atomic E-state index is 0. The summed E-state index contributed by atoms with van der Waals surface area (Å²) in [6.45, 7) is 2.07. The third-order valence-corrected chi connectivity index (χ3v) is 12.4. The van der Waals surface area contributed by atoms with Crippen LogP contribution in [0, 0.1) is 13.0 Å². The van der Waals surface area contributed by atoms with Crippen molar-refractivity contribution in [1.29, 1.82) is 0 Å². The Labute approximate surface area is 372 Å². The second-order valence-corrected chi connectivity index (χ2v) is 16.2. The van der Waals surface area contributed by atoms with E-state index in [0.29, 0.717) is 11.3 Å². The van der Waals surface area contributed by atoms with Gasteiger partial charge in [-0.3, -0.25) is 9.97 Å². The summed E-state index contributed by atoms with van der Waals surface area (Å²) in [6.07, 6.45) is 0. The molecule has 4 heterocycles. The van der Waals surface area contributed by atoms with Gasteiger partial charge in [0, 0.05) is 80.5 Å². The fourth-order valence-corrected chi connectivity index (χ4v) is 9.68. The van der Waals surface area contributed by atoms with Crippen molar-refractivity contribution in [2.24, 2.45) is 0 Å². The summed E-state index contributed by atoms with van der Waals surface area (Å²) in [5, 5.41) is 14.6. The van der Waals surface area contributed by atoms with Crippen molar-refractivity contribution in [2.45, 2.75) is 6.92 Å². The van der Waals surface area contributed by atoms with Crippen LogP contribution >= 0.6 is 11.3 Å². The van der Waals surface area contributed by atoms with E-state index >= 15 is 0 Å². The van der Waals surface area contributed by atoms with Gasteiger partial charge in [0.2, 0.25) is 0 Å². The number of aromatic hydroxyl groups is 1. The molecule has 0 atom stereocenters. The average Bonchev–Trinajstić information content (AvgIpc) is 3.85. The Bertz CT molecular complexity index is 3410. The summed E-state index contributed by atoms with van der Waals surface area (Å²) < 4.78 is 4.96. The van der Waals surface area contributed by atoms with Crippen LogP contribution in [0.3, 0.4) is 0 Å². The molecule has 0 radical (unpaired) electrons. The zero-order valence-corrected chi connectivity index (χ0v) is 36.1. The second kappa shape index (κ2) is 15.9. The summed E-state index contributed by atoms with van der Waals surface area (Å²) in [5.41, 5.74) is 14.4. The third-order valence-electron chi connectivity index (χ3n) is 11.2. The van der Waals surface area contributed by atoms with E-state index in [4.69, 9.17) is 9.97 Å². The number of para-hydroxylation sites is 3. The largest absolute Gasteiger partial charge is 0.507 e. The van der Waals surface area contributed by atoms with Crippen molar-refractivity contribution in [3.63, 3.8) is 0 Å². The quantitative estimate of drug-likeness (QED) is 0.162. The smallest absolute Gasteiger partial charge is 0.124 e. The fraction of sp³-hybridized carbons (Fsp3) is 0.0182. The number of thiophene rings is 1. The van der Waals surface area contributed by atoms with Crippen molar-refractivity contribution in [3.8, 4) is 78.7 Å². The van der Waals surface area contributed by atoms with Crippen LogP contribution in [0.4, 0.5) is 0 Å². The molecular formula is C55H36N3OPtS-. The van der Waals surface area contributed by atoms with Crippen molar-refractivity contribution in [1.82, 2.24) is 14.5 Å². The van der Waals surface area contributed by atoms with Gasteiger partial charge in [-0.05, 0) is 83.8 Å². The topological polar surface area (TPSA) is 50.9 Å². The second-order valence-electron chi connectivity index (χ2n) is 15.1. The molecule has 7 aromatic carbocycles. The number of nitrogens with zero attached hydrogens (tertiary/aromatic N) is 3. The molecule has 61 heavy (non-hydrogen) atoms. The molecule has 0 aliphatic rings. The molecule has 11 aromatic rings. The Balaban J connectivity index is 0.00000445. The van der Waals surface area contributed by atoms with Gasteiger partial charge < -0.3 is 9.67 Å². The van der Waals surface area contributed by atoms with Gasteiger partial charge in [0.25, 0.3) is 0 Å². The van der Waals surface area contributed by atoms with Crippen LogP contribution < -0.4 is 0 Å². The molecule has 0 aliphatic heterocycles. The first-order valence-corrected chi connectivity index (χ1v) is 20.9. The number of aromatic nitrogens is 3. The average molecular weight is 982 g/mol. The predicted octanol–water partition coefficient (Wildman–Crippen LogP) is 14.6. The number of aryl methyl sites for hydroxylation is 1. The molecular weight excluding hydrogens is 946 g/mol. The summed E-state index contributed by atoms with van der Waals surface area (Å²) >= 11 is 1.84. The Morgan fingerprint density at radius 1 is 0.492 bits per heavy atom. The van der Waals surface area contributed by atoms with Crippen molar-refractivity contribution in [3.05, 3.63) is 206 Å². The molecule has 1 N–H and O–H groups in total. The molecule has 0 fully saturated rings. The third kappa shape index (κ3) is 6.96. The van der Waals surface area contributed by atoms with E-state index in [9.17, 15) is 5.11 Å². The van der Waals surface area contributed by atoms with Crippen LogP contribution in [0.15, 0.2) is 194 Å². The zero-order valence-electron chi connectivity index (χ0n) is 33.0. The van der Waals surface area contributed by atoms with Crippen LogP contribution in [-0.4, -0.2) is 19.6 Å². The number of hydrogen-bond acceptors (Lipinski definition) is 4. The molecule has 0 unspecified atom stereocenters.